The molecule has 0 saturated carbocycles. The number of fused-ring (bicyclic) bond motifs is 1. The van der Waals surface area contributed by atoms with E-state index in [2.05, 4.69) is 17.6 Å². The second-order valence-electron chi connectivity index (χ2n) is 6.22. The van der Waals surface area contributed by atoms with E-state index >= 15 is 0 Å². The van der Waals surface area contributed by atoms with Gasteiger partial charge in [0.2, 0.25) is 0 Å². The van der Waals surface area contributed by atoms with Crippen molar-refractivity contribution in [1.82, 2.24) is 10.6 Å². The predicted molar refractivity (Wildman–Crippen MR) is 90.5 cm³/mol. The van der Waals surface area contributed by atoms with Gasteiger partial charge in [0.15, 0.2) is 11.6 Å². The first kappa shape index (κ1) is 18.5. The lowest BCUT2D eigenvalue weighted by Gasteiger charge is -2.21. The SMILES string of the molecule is CCCC(CCO)CNC(=O)NC1CCCOc2c(F)cccc21. The number of benzene rings is 1. The Hall–Kier alpha value is -1.82. The highest BCUT2D eigenvalue weighted by molar-refractivity contribution is 5.74. The van der Waals surface area contributed by atoms with E-state index in [0.29, 0.717) is 31.6 Å². The van der Waals surface area contributed by atoms with Gasteiger partial charge in [-0.05, 0) is 37.7 Å². The topological polar surface area (TPSA) is 70.6 Å². The van der Waals surface area contributed by atoms with Crippen molar-refractivity contribution in [3.63, 3.8) is 0 Å². The van der Waals surface area contributed by atoms with Gasteiger partial charge in [0, 0.05) is 18.7 Å². The van der Waals surface area contributed by atoms with Crippen LogP contribution in [0.3, 0.4) is 0 Å². The molecule has 24 heavy (non-hydrogen) atoms. The van der Waals surface area contributed by atoms with Crippen molar-refractivity contribution in [1.29, 1.82) is 0 Å². The number of para-hydroxylation sites is 1. The van der Waals surface area contributed by atoms with Crippen molar-refractivity contribution in [3.05, 3.63) is 29.6 Å². The monoisotopic (exact) mass is 338 g/mol. The summed E-state index contributed by atoms with van der Waals surface area (Å²) in [7, 11) is 0. The minimum atomic E-state index is -0.396. The van der Waals surface area contributed by atoms with Gasteiger partial charge in [0.1, 0.15) is 0 Å². The van der Waals surface area contributed by atoms with Crippen LogP contribution in [-0.2, 0) is 0 Å². The Kier molecular flexibility index (Phi) is 7.31. The Morgan fingerprint density at radius 3 is 3.04 bits per heavy atom. The second-order valence-corrected chi connectivity index (χ2v) is 6.22. The van der Waals surface area contributed by atoms with Crippen LogP contribution in [0, 0.1) is 11.7 Å². The number of halogens is 1. The highest BCUT2D eigenvalue weighted by Crippen LogP contribution is 2.33. The number of aliphatic hydroxyl groups excluding tert-OH is 1. The van der Waals surface area contributed by atoms with Crippen molar-refractivity contribution < 1.29 is 19.0 Å². The molecule has 6 heteroatoms. The minimum Gasteiger partial charge on any atom is -0.490 e. The highest BCUT2D eigenvalue weighted by Gasteiger charge is 2.23. The van der Waals surface area contributed by atoms with Gasteiger partial charge in [0.25, 0.3) is 0 Å². The molecule has 2 rings (SSSR count). The smallest absolute Gasteiger partial charge is 0.315 e. The van der Waals surface area contributed by atoms with Crippen LogP contribution < -0.4 is 15.4 Å². The summed E-state index contributed by atoms with van der Waals surface area (Å²) in [4.78, 5) is 12.2. The number of hydrogen-bond donors (Lipinski definition) is 3. The van der Waals surface area contributed by atoms with Crippen LogP contribution in [0.15, 0.2) is 18.2 Å². The summed E-state index contributed by atoms with van der Waals surface area (Å²) in [6.45, 7) is 3.18. The number of carbonyl (C=O) groups is 1. The molecule has 1 aliphatic heterocycles. The third kappa shape index (κ3) is 5.09. The van der Waals surface area contributed by atoms with Gasteiger partial charge in [-0.2, -0.15) is 0 Å². The maximum Gasteiger partial charge on any atom is 0.315 e. The molecule has 0 spiro atoms. The standard InChI is InChI=1S/C18H27FN2O3/c1-2-5-13(9-10-22)12-20-18(23)21-16-8-4-11-24-17-14(16)6-3-7-15(17)19/h3,6-7,13,16,22H,2,4-5,8-12H2,1H3,(H2,20,21,23). The fourth-order valence-corrected chi connectivity index (χ4v) is 3.10. The molecule has 1 aromatic rings. The molecule has 2 atom stereocenters. The van der Waals surface area contributed by atoms with Crippen molar-refractivity contribution in [2.75, 3.05) is 19.8 Å². The minimum absolute atomic E-state index is 0.126. The van der Waals surface area contributed by atoms with E-state index in [1.54, 1.807) is 12.1 Å². The molecular weight excluding hydrogens is 311 g/mol. The number of hydrogen-bond acceptors (Lipinski definition) is 3. The maximum absolute atomic E-state index is 13.9. The van der Waals surface area contributed by atoms with Crippen molar-refractivity contribution in [2.45, 2.75) is 45.1 Å². The molecule has 2 amide bonds. The Bertz CT molecular complexity index is 533. The molecule has 0 radical (unpaired) electrons. The van der Waals surface area contributed by atoms with Crippen LogP contribution >= 0.6 is 0 Å². The zero-order valence-corrected chi connectivity index (χ0v) is 14.2. The van der Waals surface area contributed by atoms with E-state index < -0.39 is 5.82 Å². The average molecular weight is 338 g/mol. The first-order valence-corrected chi connectivity index (χ1v) is 8.72. The van der Waals surface area contributed by atoms with E-state index in [4.69, 9.17) is 9.84 Å². The van der Waals surface area contributed by atoms with Gasteiger partial charge in [0.05, 0.1) is 12.6 Å². The predicted octanol–water partition coefficient (Wildman–Crippen LogP) is 3.14. The molecule has 0 aromatic heterocycles. The Labute approximate surface area is 142 Å². The lowest BCUT2D eigenvalue weighted by molar-refractivity contribution is 0.226. The summed E-state index contributed by atoms with van der Waals surface area (Å²) in [5, 5.41) is 14.9. The number of urea groups is 1. The van der Waals surface area contributed by atoms with E-state index in [9.17, 15) is 9.18 Å². The second kappa shape index (κ2) is 9.47. The van der Waals surface area contributed by atoms with E-state index in [1.807, 2.05) is 0 Å². The third-order valence-corrected chi connectivity index (χ3v) is 4.35. The normalized spacial score (nSPS) is 18.0. The van der Waals surface area contributed by atoms with Crippen LogP contribution in [-0.4, -0.2) is 30.9 Å². The lowest BCUT2D eigenvalue weighted by atomic mass is 10.0. The molecule has 0 bridgehead atoms. The molecule has 3 N–H and O–H groups in total. The molecule has 1 aliphatic rings. The summed E-state index contributed by atoms with van der Waals surface area (Å²) in [6, 6.07) is 4.26. The molecular formula is C18H27FN2O3. The van der Waals surface area contributed by atoms with E-state index in [-0.39, 0.29) is 30.3 Å². The first-order chi connectivity index (χ1) is 11.7. The molecule has 2 unspecified atom stereocenters. The van der Waals surface area contributed by atoms with Gasteiger partial charge in [-0.1, -0.05) is 25.5 Å². The third-order valence-electron chi connectivity index (χ3n) is 4.35. The fraction of sp³-hybridized carbons (Fsp3) is 0.611. The molecule has 5 nitrogen and oxygen atoms in total. The van der Waals surface area contributed by atoms with Crippen molar-refractivity contribution >= 4 is 6.03 Å². The summed E-state index contributed by atoms with van der Waals surface area (Å²) in [6.07, 6.45) is 4.12. The molecule has 0 fully saturated rings. The number of ether oxygens (including phenoxy) is 1. The molecule has 1 aromatic carbocycles. The number of amides is 2. The molecule has 0 saturated heterocycles. The first-order valence-electron chi connectivity index (χ1n) is 8.72. The summed E-state index contributed by atoms with van der Waals surface area (Å²) in [5.74, 6) is 0.116. The maximum atomic E-state index is 13.9. The molecule has 0 aliphatic carbocycles. The van der Waals surface area contributed by atoms with Crippen LogP contribution in [0.5, 0.6) is 5.75 Å². The fourth-order valence-electron chi connectivity index (χ4n) is 3.10. The summed E-state index contributed by atoms with van der Waals surface area (Å²) < 4.78 is 19.4. The summed E-state index contributed by atoms with van der Waals surface area (Å²) >= 11 is 0. The van der Waals surface area contributed by atoms with E-state index in [0.717, 1.165) is 19.3 Å². The van der Waals surface area contributed by atoms with Crippen LogP contribution in [0.2, 0.25) is 0 Å². The Balaban J connectivity index is 1.95. The zero-order valence-electron chi connectivity index (χ0n) is 14.2. The lowest BCUT2D eigenvalue weighted by Crippen LogP contribution is -2.40. The number of carbonyl (C=O) groups excluding carboxylic acids is 1. The van der Waals surface area contributed by atoms with Gasteiger partial charge >= 0.3 is 6.03 Å². The van der Waals surface area contributed by atoms with Gasteiger partial charge < -0.3 is 20.5 Å². The van der Waals surface area contributed by atoms with E-state index in [1.165, 1.54) is 6.07 Å². The van der Waals surface area contributed by atoms with Crippen LogP contribution in [0.1, 0.15) is 50.6 Å². The Morgan fingerprint density at radius 2 is 2.29 bits per heavy atom. The molecule has 134 valence electrons. The van der Waals surface area contributed by atoms with Gasteiger partial charge in [-0.15, -0.1) is 0 Å². The van der Waals surface area contributed by atoms with Crippen LogP contribution in [0.25, 0.3) is 0 Å². The van der Waals surface area contributed by atoms with Crippen molar-refractivity contribution in [3.8, 4) is 5.75 Å². The number of rotatable bonds is 7. The average Bonchev–Trinajstić information content (AvgIpc) is 2.77. The Morgan fingerprint density at radius 1 is 1.46 bits per heavy atom. The number of aliphatic hydroxyl groups is 1. The van der Waals surface area contributed by atoms with Crippen molar-refractivity contribution in [2.24, 2.45) is 5.92 Å². The van der Waals surface area contributed by atoms with Gasteiger partial charge in [-0.25, -0.2) is 9.18 Å². The largest absolute Gasteiger partial charge is 0.490 e. The quantitative estimate of drug-likeness (QED) is 0.715. The van der Waals surface area contributed by atoms with Gasteiger partial charge in [-0.3, -0.25) is 0 Å². The van der Waals surface area contributed by atoms with Crippen LogP contribution in [0.4, 0.5) is 9.18 Å². The molecule has 1 heterocycles. The zero-order chi connectivity index (χ0) is 17.4. The highest BCUT2D eigenvalue weighted by atomic mass is 19.1. The summed E-state index contributed by atoms with van der Waals surface area (Å²) in [5.41, 5.74) is 0.683. The number of nitrogens with one attached hydrogen (secondary N) is 2.